The SMILES string of the molecule is CCO[C@H]1C[C@@H](C)C([N+](=O)[O-])=C2NCCN21. The Morgan fingerprint density at radius 2 is 2.44 bits per heavy atom. The van der Waals surface area contributed by atoms with E-state index in [0.717, 1.165) is 13.1 Å². The highest BCUT2D eigenvalue weighted by Crippen LogP contribution is 2.32. The fourth-order valence-electron chi connectivity index (χ4n) is 2.43. The molecule has 2 rings (SSSR count). The zero-order valence-electron chi connectivity index (χ0n) is 9.60. The molecule has 0 aromatic heterocycles. The number of nitrogens with one attached hydrogen (secondary N) is 1. The van der Waals surface area contributed by atoms with E-state index >= 15 is 0 Å². The summed E-state index contributed by atoms with van der Waals surface area (Å²) in [6.45, 7) is 6.00. The number of allylic oxidation sites excluding steroid dienone is 1. The lowest BCUT2D eigenvalue weighted by Gasteiger charge is -2.34. The average molecular weight is 227 g/mol. The van der Waals surface area contributed by atoms with Crippen molar-refractivity contribution in [1.29, 1.82) is 0 Å². The number of hydrogen-bond donors (Lipinski definition) is 1. The van der Waals surface area contributed by atoms with Gasteiger partial charge < -0.3 is 15.0 Å². The van der Waals surface area contributed by atoms with Gasteiger partial charge in [-0.2, -0.15) is 0 Å². The molecule has 0 amide bonds. The third kappa shape index (κ3) is 1.73. The van der Waals surface area contributed by atoms with Gasteiger partial charge in [-0.3, -0.25) is 10.1 Å². The highest BCUT2D eigenvalue weighted by atomic mass is 16.6. The van der Waals surface area contributed by atoms with Gasteiger partial charge in [-0.05, 0) is 6.92 Å². The van der Waals surface area contributed by atoms with Gasteiger partial charge in [0.15, 0.2) is 5.82 Å². The predicted octanol–water partition coefficient (Wildman–Crippen LogP) is 0.740. The van der Waals surface area contributed by atoms with E-state index in [0.29, 0.717) is 24.5 Å². The van der Waals surface area contributed by atoms with Crippen LogP contribution < -0.4 is 5.32 Å². The summed E-state index contributed by atoms with van der Waals surface area (Å²) >= 11 is 0. The smallest absolute Gasteiger partial charge is 0.288 e. The summed E-state index contributed by atoms with van der Waals surface area (Å²) in [5.74, 6) is 0.589. The number of nitrogens with zero attached hydrogens (tertiary/aromatic N) is 2. The highest BCUT2D eigenvalue weighted by Gasteiger charge is 2.41. The van der Waals surface area contributed by atoms with Crippen molar-refractivity contribution >= 4 is 0 Å². The van der Waals surface area contributed by atoms with Crippen LogP contribution in [0.2, 0.25) is 0 Å². The van der Waals surface area contributed by atoms with Gasteiger partial charge in [-0.1, -0.05) is 6.92 Å². The summed E-state index contributed by atoms with van der Waals surface area (Å²) in [6, 6.07) is 0. The molecule has 1 saturated heterocycles. The second kappa shape index (κ2) is 4.29. The standard InChI is InChI=1S/C10H17N3O3/c1-3-16-8-6-7(2)9(13(14)15)10-11-4-5-12(8)10/h7-8,11H,3-6H2,1-2H3/t7-,8+/m1/s1. The van der Waals surface area contributed by atoms with Crippen LogP contribution in [0.4, 0.5) is 0 Å². The van der Waals surface area contributed by atoms with Gasteiger partial charge in [0.1, 0.15) is 6.23 Å². The number of nitro groups is 1. The van der Waals surface area contributed by atoms with Gasteiger partial charge >= 0.3 is 0 Å². The van der Waals surface area contributed by atoms with Crippen LogP contribution in [0.3, 0.4) is 0 Å². The number of fused-ring (bicyclic) bond motifs is 1. The summed E-state index contributed by atoms with van der Waals surface area (Å²) in [6.07, 6.45) is 0.670. The van der Waals surface area contributed by atoms with Crippen LogP contribution in [0.1, 0.15) is 20.3 Å². The Balaban J connectivity index is 2.30. The molecular weight excluding hydrogens is 210 g/mol. The van der Waals surface area contributed by atoms with Crippen molar-refractivity contribution in [3.63, 3.8) is 0 Å². The van der Waals surface area contributed by atoms with E-state index in [1.807, 2.05) is 18.7 Å². The molecule has 2 atom stereocenters. The molecule has 1 N–H and O–H groups in total. The van der Waals surface area contributed by atoms with Gasteiger partial charge in [-0.15, -0.1) is 0 Å². The minimum atomic E-state index is -0.270. The molecule has 0 radical (unpaired) electrons. The molecule has 2 aliphatic heterocycles. The average Bonchev–Trinajstić information content (AvgIpc) is 2.65. The minimum absolute atomic E-state index is 0.0197. The van der Waals surface area contributed by atoms with Crippen LogP contribution in [-0.2, 0) is 4.74 Å². The molecule has 6 heteroatoms. The van der Waals surface area contributed by atoms with Gasteiger partial charge in [0.25, 0.3) is 5.70 Å². The molecule has 1 fully saturated rings. The maximum absolute atomic E-state index is 11.0. The van der Waals surface area contributed by atoms with E-state index in [2.05, 4.69) is 5.32 Å². The predicted molar refractivity (Wildman–Crippen MR) is 57.9 cm³/mol. The second-order valence-electron chi connectivity index (χ2n) is 4.16. The third-order valence-corrected chi connectivity index (χ3v) is 3.10. The van der Waals surface area contributed by atoms with Crippen LogP contribution in [0.5, 0.6) is 0 Å². The molecule has 0 saturated carbocycles. The molecule has 0 aliphatic carbocycles. The second-order valence-corrected chi connectivity index (χ2v) is 4.16. The summed E-state index contributed by atoms with van der Waals surface area (Å²) in [4.78, 5) is 12.7. The van der Waals surface area contributed by atoms with E-state index in [-0.39, 0.29) is 17.1 Å². The Kier molecular flexibility index (Phi) is 3.00. The Morgan fingerprint density at radius 3 is 3.06 bits per heavy atom. The van der Waals surface area contributed by atoms with Gasteiger partial charge in [0.2, 0.25) is 0 Å². The molecule has 0 aromatic rings. The largest absolute Gasteiger partial charge is 0.364 e. The molecule has 2 aliphatic rings. The maximum atomic E-state index is 11.0. The van der Waals surface area contributed by atoms with Crippen molar-refractivity contribution in [2.45, 2.75) is 26.5 Å². The zero-order valence-corrected chi connectivity index (χ0v) is 9.60. The molecule has 0 unspecified atom stereocenters. The fraction of sp³-hybridized carbons (Fsp3) is 0.800. The lowest BCUT2D eigenvalue weighted by atomic mass is 9.98. The normalized spacial score (nSPS) is 29.0. The maximum Gasteiger partial charge on any atom is 0.288 e. The Hall–Kier alpha value is -1.30. The molecule has 0 aromatic carbocycles. The van der Waals surface area contributed by atoms with Crippen molar-refractivity contribution in [2.24, 2.45) is 5.92 Å². The summed E-state index contributed by atoms with van der Waals surface area (Å²) in [5.41, 5.74) is 0.299. The Bertz CT molecular complexity index is 329. The van der Waals surface area contributed by atoms with Gasteiger partial charge in [0, 0.05) is 26.1 Å². The molecule has 6 nitrogen and oxygen atoms in total. The molecule has 0 spiro atoms. The van der Waals surface area contributed by atoms with Crippen LogP contribution >= 0.6 is 0 Å². The van der Waals surface area contributed by atoms with E-state index in [9.17, 15) is 10.1 Å². The third-order valence-electron chi connectivity index (χ3n) is 3.10. The highest BCUT2D eigenvalue weighted by molar-refractivity contribution is 5.15. The summed E-state index contributed by atoms with van der Waals surface area (Å²) < 4.78 is 5.62. The van der Waals surface area contributed by atoms with E-state index in [4.69, 9.17) is 4.74 Å². The summed E-state index contributed by atoms with van der Waals surface area (Å²) in [5, 5.41) is 14.1. The van der Waals surface area contributed by atoms with Crippen LogP contribution in [-0.4, -0.2) is 35.7 Å². The first-order valence-corrected chi connectivity index (χ1v) is 5.65. The quantitative estimate of drug-likeness (QED) is 0.569. The lowest BCUT2D eigenvalue weighted by molar-refractivity contribution is -0.438. The number of rotatable bonds is 3. The van der Waals surface area contributed by atoms with Crippen molar-refractivity contribution in [3.05, 3.63) is 21.6 Å². The van der Waals surface area contributed by atoms with Crippen molar-refractivity contribution in [1.82, 2.24) is 10.2 Å². The monoisotopic (exact) mass is 227 g/mol. The van der Waals surface area contributed by atoms with Crippen molar-refractivity contribution in [2.75, 3.05) is 19.7 Å². The van der Waals surface area contributed by atoms with E-state index < -0.39 is 0 Å². The Labute approximate surface area is 94.4 Å². The topological polar surface area (TPSA) is 67.6 Å². The molecule has 16 heavy (non-hydrogen) atoms. The van der Waals surface area contributed by atoms with Crippen LogP contribution in [0, 0.1) is 16.0 Å². The first-order chi connectivity index (χ1) is 7.65. The molecular formula is C10H17N3O3. The van der Waals surface area contributed by atoms with E-state index in [1.54, 1.807) is 0 Å². The molecule has 0 bridgehead atoms. The molecule has 90 valence electrons. The van der Waals surface area contributed by atoms with Crippen LogP contribution in [0.25, 0.3) is 0 Å². The first kappa shape index (κ1) is 11.2. The lowest BCUT2D eigenvalue weighted by Crippen LogP contribution is -2.42. The fourth-order valence-corrected chi connectivity index (χ4v) is 2.43. The van der Waals surface area contributed by atoms with Gasteiger partial charge in [-0.25, -0.2) is 0 Å². The zero-order chi connectivity index (χ0) is 11.7. The Morgan fingerprint density at radius 1 is 1.69 bits per heavy atom. The van der Waals surface area contributed by atoms with Crippen molar-refractivity contribution in [3.8, 4) is 0 Å². The minimum Gasteiger partial charge on any atom is -0.364 e. The number of hydrogen-bond acceptors (Lipinski definition) is 5. The van der Waals surface area contributed by atoms with Crippen molar-refractivity contribution < 1.29 is 9.66 Å². The van der Waals surface area contributed by atoms with E-state index in [1.165, 1.54) is 0 Å². The number of ether oxygens (including phenoxy) is 1. The van der Waals surface area contributed by atoms with Crippen LogP contribution in [0.15, 0.2) is 11.5 Å². The first-order valence-electron chi connectivity index (χ1n) is 5.65. The summed E-state index contributed by atoms with van der Waals surface area (Å²) in [7, 11) is 0. The van der Waals surface area contributed by atoms with Gasteiger partial charge in [0.05, 0.1) is 10.8 Å². The molecule has 2 heterocycles.